The summed E-state index contributed by atoms with van der Waals surface area (Å²) in [5.41, 5.74) is 2.12. The fourth-order valence-corrected chi connectivity index (χ4v) is 6.26. The number of aromatic nitrogens is 2. The van der Waals surface area contributed by atoms with E-state index in [-0.39, 0.29) is 17.7 Å². The normalized spacial score (nSPS) is 17.9. The molecular weight excluding hydrogens is 636 g/mol. The summed E-state index contributed by atoms with van der Waals surface area (Å²) in [4.78, 5) is 53.2. The second-order valence-electron chi connectivity index (χ2n) is 13.2. The molecule has 2 aliphatic heterocycles. The number of anilines is 4. The van der Waals surface area contributed by atoms with Crippen LogP contribution in [0.4, 0.5) is 22.9 Å². The van der Waals surface area contributed by atoms with E-state index in [0.29, 0.717) is 65.8 Å². The van der Waals surface area contributed by atoms with Gasteiger partial charge in [0.25, 0.3) is 0 Å². The first-order valence-corrected chi connectivity index (χ1v) is 16.6. The topological polar surface area (TPSA) is 150 Å². The van der Waals surface area contributed by atoms with E-state index in [1.54, 1.807) is 31.0 Å². The maximum atomic E-state index is 13.9. The number of carbonyl (C=O) groups is 3. The monoisotopic (exact) mass is 680 g/mol. The molecule has 3 amide bonds. The van der Waals surface area contributed by atoms with Gasteiger partial charge in [-0.2, -0.15) is 0 Å². The number of carbonyl (C=O) groups excluding carboxylic acids is 3. The van der Waals surface area contributed by atoms with Crippen molar-refractivity contribution >= 4 is 63.1 Å². The Hall–Kier alpha value is -4.20. The highest BCUT2D eigenvalue weighted by Crippen LogP contribution is 2.36. The van der Waals surface area contributed by atoms with Gasteiger partial charge in [0.2, 0.25) is 17.7 Å². The molecule has 0 spiro atoms. The summed E-state index contributed by atoms with van der Waals surface area (Å²) in [5.74, 6) is 0.00736. The zero-order valence-electron chi connectivity index (χ0n) is 28.4. The molecule has 0 bridgehead atoms. The minimum Gasteiger partial charge on any atom is -0.494 e. The van der Waals surface area contributed by atoms with Crippen LogP contribution in [0.3, 0.4) is 0 Å². The summed E-state index contributed by atoms with van der Waals surface area (Å²) in [6.07, 6.45) is 2.60. The predicted octanol–water partition coefficient (Wildman–Crippen LogP) is 3.94. The number of likely N-dealkylation sites (N-methyl/N-ethyl adjacent to an activating group) is 1. The van der Waals surface area contributed by atoms with Crippen LogP contribution in [-0.4, -0.2) is 97.7 Å². The second-order valence-corrected chi connectivity index (χ2v) is 13.6. The number of benzene rings is 2. The van der Waals surface area contributed by atoms with Gasteiger partial charge in [-0.15, -0.1) is 0 Å². The summed E-state index contributed by atoms with van der Waals surface area (Å²) in [6.45, 7) is 10.7. The van der Waals surface area contributed by atoms with E-state index in [2.05, 4.69) is 36.1 Å². The molecule has 0 saturated carbocycles. The van der Waals surface area contributed by atoms with Crippen LogP contribution in [0.5, 0.6) is 5.75 Å². The number of ether oxygens (including phenoxy) is 2. The molecule has 48 heavy (non-hydrogen) atoms. The zero-order chi connectivity index (χ0) is 34.6. The van der Waals surface area contributed by atoms with Crippen molar-refractivity contribution in [3.63, 3.8) is 0 Å². The van der Waals surface area contributed by atoms with Gasteiger partial charge < -0.3 is 40.5 Å². The Morgan fingerprint density at radius 3 is 2.50 bits per heavy atom. The van der Waals surface area contributed by atoms with E-state index in [0.717, 1.165) is 24.5 Å². The highest BCUT2D eigenvalue weighted by Gasteiger charge is 2.42. The standard InChI is InChI=1S/C34H45ClN8O5/c1-20(36-5)31(44)41-29(34(2,3)4)33(46)43-11-7-8-27(43)32(45)40-25-17-22-24(18-28(25)47-6)37-19-38-30(22)39-21-9-10-26(23(35)16-21)42-12-14-48-15-13-42/h9-10,16-20,27,29,36H,7-8,11-15H2,1-6H3,(H,40,45)(H,41,44)(H,37,38,39). The number of morpholine rings is 1. The van der Waals surface area contributed by atoms with Crippen molar-refractivity contribution in [2.75, 3.05) is 62.5 Å². The van der Waals surface area contributed by atoms with Gasteiger partial charge in [-0.3, -0.25) is 14.4 Å². The molecular formula is C34H45ClN8O5. The van der Waals surface area contributed by atoms with E-state index in [1.165, 1.54) is 13.4 Å². The highest BCUT2D eigenvalue weighted by molar-refractivity contribution is 6.33. The molecule has 3 unspecified atom stereocenters. The molecule has 2 saturated heterocycles. The lowest BCUT2D eigenvalue weighted by atomic mass is 9.85. The molecule has 2 fully saturated rings. The molecule has 1 aromatic heterocycles. The van der Waals surface area contributed by atoms with Crippen molar-refractivity contribution in [1.82, 2.24) is 25.5 Å². The molecule has 0 radical (unpaired) electrons. The van der Waals surface area contributed by atoms with Crippen LogP contribution in [-0.2, 0) is 19.1 Å². The number of nitrogens with zero attached hydrogens (tertiary/aromatic N) is 4. The molecule has 258 valence electrons. The van der Waals surface area contributed by atoms with Gasteiger partial charge in [-0.25, -0.2) is 9.97 Å². The predicted molar refractivity (Wildman–Crippen MR) is 187 cm³/mol. The maximum absolute atomic E-state index is 13.9. The van der Waals surface area contributed by atoms with Crippen molar-refractivity contribution in [1.29, 1.82) is 0 Å². The lowest BCUT2D eigenvalue weighted by Crippen LogP contribution is -2.59. The lowest BCUT2D eigenvalue weighted by molar-refractivity contribution is -0.143. The van der Waals surface area contributed by atoms with E-state index >= 15 is 0 Å². The second kappa shape index (κ2) is 14.9. The number of fused-ring (bicyclic) bond motifs is 1. The van der Waals surface area contributed by atoms with Crippen LogP contribution in [0.1, 0.15) is 40.5 Å². The van der Waals surface area contributed by atoms with Crippen molar-refractivity contribution < 1.29 is 23.9 Å². The Balaban J connectivity index is 1.37. The number of methoxy groups -OCH3 is 1. The summed E-state index contributed by atoms with van der Waals surface area (Å²) < 4.78 is 11.1. The third-order valence-corrected chi connectivity index (χ3v) is 9.14. The lowest BCUT2D eigenvalue weighted by Gasteiger charge is -2.36. The first-order chi connectivity index (χ1) is 22.9. The van der Waals surface area contributed by atoms with Crippen molar-refractivity contribution in [3.05, 3.63) is 41.7 Å². The third-order valence-electron chi connectivity index (χ3n) is 8.84. The quantitative estimate of drug-likeness (QED) is 0.248. The van der Waals surface area contributed by atoms with Gasteiger partial charge in [0, 0.05) is 36.8 Å². The molecule has 5 rings (SSSR count). The van der Waals surface area contributed by atoms with Gasteiger partial charge in [0.05, 0.1) is 48.3 Å². The van der Waals surface area contributed by atoms with Crippen molar-refractivity contribution in [2.24, 2.45) is 5.41 Å². The van der Waals surface area contributed by atoms with E-state index in [9.17, 15) is 14.4 Å². The Kier molecular flexibility index (Phi) is 10.9. The number of hydrogen-bond acceptors (Lipinski definition) is 10. The average Bonchev–Trinajstić information content (AvgIpc) is 3.57. The minimum absolute atomic E-state index is 0.283. The molecule has 0 aliphatic carbocycles. The van der Waals surface area contributed by atoms with Crippen LogP contribution >= 0.6 is 11.6 Å². The SMILES string of the molecule is CNC(C)C(=O)NC(C(=O)N1CCCC1C(=O)Nc1cc2c(Nc3ccc(N4CCOCC4)c(Cl)c3)ncnc2cc1OC)C(C)(C)C. The van der Waals surface area contributed by atoms with Crippen molar-refractivity contribution in [2.45, 2.75) is 58.7 Å². The van der Waals surface area contributed by atoms with Gasteiger partial charge >= 0.3 is 0 Å². The Labute approximate surface area is 286 Å². The van der Waals surface area contributed by atoms with Gasteiger partial charge in [-0.05, 0) is 56.5 Å². The van der Waals surface area contributed by atoms with Gasteiger partial charge in [-0.1, -0.05) is 32.4 Å². The molecule has 3 heterocycles. The van der Waals surface area contributed by atoms with Crippen LogP contribution in [0.15, 0.2) is 36.7 Å². The van der Waals surface area contributed by atoms with E-state index in [4.69, 9.17) is 21.1 Å². The summed E-state index contributed by atoms with van der Waals surface area (Å²) >= 11 is 6.68. The molecule has 4 N–H and O–H groups in total. The van der Waals surface area contributed by atoms with Crippen LogP contribution in [0.2, 0.25) is 5.02 Å². The largest absolute Gasteiger partial charge is 0.494 e. The number of hydrogen-bond donors (Lipinski definition) is 4. The molecule has 3 atom stereocenters. The third kappa shape index (κ3) is 7.74. The Bertz CT molecular complexity index is 1660. The van der Waals surface area contributed by atoms with Crippen molar-refractivity contribution in [3.8, 4) is 5.75 Å². The molecule has 14 heteroatoms. The first kappa shape index (κ1) is 35.1. The summed E-state index contributed by atoms with van der Waals surface area (Å²) in [5, 5.41) is 13.4. The number of halogens is 1. The molecule has 2 aromatic carbocycles. The van der Waals surface area contributed by atoms with E-state index in [1.807, 2.05) is 39.0 Å². The number of amides is 3. The highest BCUT2D eigenvalue weighted by atomic mass is 35.5. The zero-order valence-corrected chi connectivity index (χ0v) is 29.1. The number of nitrogens with one attached hydrogen (secondary N) is 4. The maximum Gasteiger partial charge on any atom is 0.247 e. The van der Waals surface area contributed by atoms with Crippen LogP contribution in [0.25, 0.3) is 10.9 Å². The average molecular weight is 681 g/mol. The van der Waals surface area contributed by atoms with E-state index < -0.39 is 23.5 Å². The van der Waals surface area contributed by atoms with Gasteiger partial charge in [0.1, 0.15) is 30.0 Å². The Morgan fingerprint density at radius 2 is 1.83 bits per heavy atom. The first-order valence-electron chi connectivity index (χ1n) is 16.2. The van der Waals surface area contributed by atoms with Crippen LogP contribution < -0.4 is 30.9 Å². The minimum atomic E-state index is -0.813. The number of likely N-dealkylation sites (tertiary alicyclic amines) is 1. The summed E-state index contributed by atoms with van der Waals surface area (Å²) in [7, 11) is 3.20. The van der Waals surface area contributed by atoms with Gasteiger partial charge in [0.15, 0.2) is 0 Å². The smallest absolute Gasteiger partial charge is 0.247 e. The fraction of sp³-hybridized carbons (Fsp3) is 0.500. The van der Waals surface area contributed by atoms with Crippen LogP contribution in [0, 0.1) is 5.41 Å². The summed E-state index contributed by atoms with van der Waals surface area (Å²) in [6, 6.07) is 7.24. The molecule has 3 aromatic rings. The number of rotatable bonds is 10. The fourth-order valence-electron chi connectivity index (χ4n) is 5.96. The molecule has 2 aliphatic rings. The Morgan fingerprint density at radius 1 is 1.08 bits per heavy atom. The molecule has 13 nitrogen and oxygen atoms in total.